The number of rotatable bonds is 0. The smallest absolute Gasteiger partial charge is 0.136 e. The molecule has 0 aliphatic carbocycles. The van der Waals surface area contributed by atoms with Crippen LogP contribution in [0.3, 0.4) is 0 Å². The molecule has 1 heterocycles. The molecule has 2 nitrogen and oxygen atoms in total. The van der Waals surface area contributed by atoms with Crippen LogP contribution >= 0.6 is 0 Å². The average molecular weight is 235 g/mol. The monoisotopic (exact) mass is 235 g/mol. The number of fused-ring (bicyclic) bond motifs is 3. The highest BCUT2D eigenvalue weighted by atomic mass is 16.3. The maximum Gasteiger partial charge on any atom is 0.136 e. The molecule has 0 saturated heterocycles. The van der Waals surface area contributed by atoms with Gasteiger partial charge in [-0.2, -0.15) is 0 Å². The van der Waals surface area contributed by atoms with Crippen molar-refractivity contribution < 1.29 is 4.42 Å². The molecule has 2 heteroatoms. The van der Waals surface area contributed by atoms with Gasteiger partial charge in [0, 0.05) is 16.3 Å². The quantitative estimate of drug-likeness (QED) is 0.607. The lowest BCUT2D eigenvalue weighted by molar-refractivity contribution is 0.669. The SMILES string of the molecule is CC(N)C#Cc1ccc2c(c1)oc1ccccc12. The Labute approximate surface area is 105 Å². The van der Waals surface area contributed by atoms with Crippen molar-refractivity contribution in [3.05, 3.63) is 48.0 Å². The molecule has 0 bridgehead atoms. The van der Waals surface area contributed by atoms with E-state index in [4.69, 9.17) is 10.2 Å². The average Bonchev–Trinajstić information content (AvgIpc) is 2.73. The standard InChI is InChI=1S/C16H13NO/c1-11(17)6-7-12-8-9-14-13-4-2-3-5-15(13)18-16(14)10-12/h2-5,8-11H,17H2,1H3. The molecule has 0 saturated carbocycles. The van der Waals surface area contributed by atoms with Crippen LogP contribution < -0.4 is 5.73 Å². The summed E-state index contributed by atoms with van der Waals surface area (Å²) in [7, 11) is 0. The van der Waals surface area contributed by atoms with Crippen molar-refractivity contribution in [2.24, 2.45) is 5.73 Å². The number of hydrogen-bond donors (Lipinski definition) is 1. The van der Waals surface area contributed by atoms with Crippen LogP contribution in [0.2, 0.25) is 0 Å². The number of hydrogen-bond acceptors (Lipinski definition) is 2. The molecule has 3 aromatic rings. The van der Waals surface area contributed by atoms with Gasteiger partial charge >= 0.3 is 0 Å². The molecule has 0 spiro atoms. The van der Waals surface area contributed by atoms with Crippen molar-refractivity contribution in [1.82, 2.24) is 0 Å². The molecule has 2 aromatic carbocycles. The Hall–Kier alpha value is -2.24. The molecule has 3 rings (SSSR count). The van der Waals surface area contributed by atoms with E-state index in [1.54, 1.807) is 0 Å². The van der Waals surface area contributed by atoms with Crippen molar-refractivity contribution in [3.8, 4) is 11.8 Å². The van der Waals surface area contributed by atoms with Gasteiger partial charge in [0.2, 0.25) is 0 Å². The van der Waals surface area contributed by atoms with Crippen molar-refractivity contribution in [2.75, 3.05) is 0 Å². The lowest BCUT2D eigenvalue weighted by atomic mass is 10.1. The second kappa shape index (κ2) is 4.21. The Morgan fingerprint density at radius 3 is 2.67 bits per heavy atom. The van der Waals surface area contributed by atoms with Gasteiger partial charge in [0.25, 0.3) is 0 Å². The van der Waals surface area contributed by atoms with Gasteiger partial charge in [-0.05, 0) is 31.2 Å². The van der Waals surface area contributed by atoms with Crippen LogP contribution in [-0.4, -0.2) is 6.04 Å². The minimum absolute atomic E-state index is 0.114. The van der Waals surface area contributed by atoms with Crippen molar-refractivity contribution in [3.63, 3.8) is 0 Å². The first-order valence-corrected chi connectivity index (χ1v) is 5.92. The fourth-order valence-electron chi connectivity index (χ4n) is 2.00. The van der Waals surface area contributed by atoms with E-state index >= 15 is 0 Å². The summed E-state index contributed by atoms with van der Waals surface area (Å²) >= 11 is 0. The minimum atomic E-state index is -0.114. The Morgan fingerprint density at radius 1 is 1.06 bits per heavy atom. The van der Waals surface area contributed by atoms with Crippen LogP contribution in [0.5, 0.6) is 0 Å². The van der Waals surface area contributed by atoms with Gasteiger partial charge in [0.15, 0.2) is 0 Å². The fourth-order valence-corrected chi connectivity index (χ4v) is 2.00. The van der Waals surface area contributed by atoms with Gasteiger partial charge in [0.05, 0.1) is 6.04 Å². The highest BCUT2D eigenvalue weighted by molar-refractivity contribution is 6.05. The van der Waals surface area contributed by atoms with E-state index in [1.807, 2.05) is 43.3 Å². The lowest BCUT2D eigenvalue weighted by Gasteiger charge is -1.92. The Morgan fingerprint density at radius 2 is 1.83 bits per heavy atom. The van der Waals surface area contributed by atoms with E-state index in [1.165, 1.54) is 0 Å². The van der Waals surface area contributed by atoms with E-state index < -0.39 is 0 Å². The summed E-state index contributed by atoms with van der Waals surface area (Å²) < 4.78 is 5.80. The summed E-state index contributed by atoms with van der Waals surface area (Å²) in [5.74, 6) is 5.99. The molecular formula is C16H13NO. The zero-order valence-corrected chi connectivity index (χ0v) is 10.1. The van der Waals surface area contributed by atoms with Crippen molar-refractivity contribution >= 4 is 21.9 Å². The first-order chi connectivity index (χ1) is 8.74. The Bertz CT molecular complexity index is 772. The third kappa shape index (κ3) is 1.85. The molecule has 0 fully saturated rings. The second-order valence-electron chi connectivity index (χ2n) is 4.37. The summed E-state index contributed by atoms with van der Waals surface area (Å²) in [4.78, 5) is 0. The summed E-state index contributed by atoms with van der Waals surface area (Å²) in [6.07, 6.45) is 0. The fraction of sp³-hybridized carbons (Fsp3) is 0.125. The van der Waals surface area contributed by atoms with Gasteiger partial charge in [-0.3, -0.25) is 0 Å². The third-order valence-corrected chi connectivity index (χ3v) is 2.82. The van der Waals surface area contributed by atoms with E-state index in [-0.39, 0.29) is 6.04 Å². The highest BCUT2D eigenvalue weighted by Crippen LogP contribution is 2.28. The van der Waals surface area contributed by atoms with Crippen LogP contribution in [0.25, 0.3) is 21.9 Å². The minimum Gasteiger partial charge on any atom is -0.456 e. The Kier molecular flexibility index (Phi) is 2.55. The van der Waals surface area contributed by atoms with E-state index in [9.17, 15) is 0 Å². The number of nitrogens with two attached hydrogens (primary N) is 1. The first-order valence-electron chi connectivity index (χ1n) is 5.92. The zero-order chi connectivity index (χ0) is 12.5. The van der Waals surface area contributed by atoms with Gasteiger partial charge in [-0.15, -0.1) is 0 Å². The van der Waals surface area contributed by atoms with Crippen molar-refractivity contribution in [2.45, 2.75) is 13.0 Å². The summed E-state index contributed by atoms with van der Waals surface area (Å²) in [5.41, 5.74) is 8.32. The molecular weight excluding hydrogens is 222 g/mol. The molecule has 1 aromatic heterocycles. The van der Waals surface area contributed by atoms with Gasteiger partial charge in [0.1, 0.15) is 11.2 Å². The van der Waals surface area contributed by atoms with Gasteiger partial charge in [-0.25, -0.2) is 0 Å². The van der Waals surface area contributed by atoms with E-state index in [2.05, 4.69) is 17.9 Å². The lowest BCUT2D eigenvalue weighted by Crippen LogP contribution is -2.10. The van der Waals surface area contributed by atoms with Crippen LogP contribution in [0.4, 0.5) is 0 Å². The molecule has 0 radical (unpaired) electrons. The summed E-state index contributed by atoms with van der Waals surface area (Å²) in [6, 6.07) is 13.9. The Balaban J connectivity index is 2.19. The number of furan rings is 1. The molecule has 88 valence electrons. The molecule has 1 unspecified atom stereocenters. The zero-order valence-electron chi connectivity index (χ0n) is 10.1. The van der Waals surface area contributed by atoms with Crippen LogP contribution in [-0.2, 0) is 0 Å². The third-order valence-electron chi connectivity index (χ3n) is 2.82. The van der Waals surface area contributed by atoms with Crippen LogP contribution in [0.15, 0.2) is 46.9 Å². The van der Waals surface area contributed by atoms with Gasteiger partial charge < -0.3 is 10.2 Å². The summed E-state index contributed by atoms with van der Waals surface area (Å²) in [5, 5.41) is 2.26. The predicted octanol–water partition coefficient (Wildman–Crippen LogP) is 3.28. The van der Waals surface area contributed by atoms with Gasteiger partial charge in [-0.1, -0.05) is 30.0 Å². The van der Waals surface area contributed by atoms with E-state index in [0.717, 1.165) is 27.5 Å². The topological polar surface area (TPSA) is 39.2 Å². The molecule has 0 aliphatic heterocycles. The maximum atomic E-state index is 5.80. The molecule has 0 aliphatic rings. The second-order valence-corrected chi connectivity index (χ2v) is 4.37. The molecule has 0 amide bonds. The van der Waals surface area contributed by atoms with Crippen molar-refractivity contribution in [1.29, 1.82) is 0 Å². The molecule has 2 N–H and O–H groups in total. The largest absolute Gasteiger partial charge is 0.456 e. The molecule has 1 atom stereocenters. The maximum absolute atomic E-state index is 5.80. The van der Waals surface area contributed by atoms with Crippen LogP contribution in [0, 0.1) is 11.8 Å². The number of para-hydroxylation sites is 1. The number of benzene rings is 2. The summed E-state index contributed by atoms with van der Waals surface area (Å²) in [6.45, 7) is 1.87. The normalized spacial score (nSPS) is 12.3. The van der Waals surface area contributed by atoms with E-state index in [0.29, 0.717) is 0 Å². The molecule has 18 heavy (non-hydrogen) atoms. The predicted molar refractivity (Wildman–Crippen MR) is 74.2 cm³/mol. The van der Waals surface area contributed by atoms with Crippen LogP contribution in [0.1, 0.15) is 12.5 Å². The first kappa shape index (κ1) is 10.9. The highest BCUT2D eigenvalue weighted by Gasteiger charge is 2.05.